The van der Waals surface area contributed by atoms with Crippen LogP contribution < -0.4 is 10.6 Å². The van der Waals surface area contributed by atoms with Gasteiger partial charge in [0.15, 0.2) is 0 Å². The molecule has 2 aliphatic heterocycles. The molecule has 1 aromatic rings. The van der Waals surface area contributed by atoms with Crippen LogP contribution in [0.3, 0.4) is 0 Å². The van der Waals surface area contributed by atoms with Crippen LogP contribution in [0.25, 0.3) is 0 Å². The second-order valence-corrected chi connectivity index (χ2v) is 8.49. The van der Waals surface area contributed by atoms with Gasteiger partial charge in [-0.2, -0.15) is 0 Å². The zero-order valence-electron chi connectivity index (χ0n) is 18.7. The maximum atomic E-state index is 6.46. The van der Waals surface area contributed by atoms with Gasteiger partial charge in [-0.3, -0.25) is 0 Å². The number of ether oxygens (including phenoxy) is 1. The second-order valence-electron chi connectivity index (χ2n) is 8.49. The van der Waals surface area contributed by atoms with E-state index in [0.717, 1.165) is 26.1 Å². The van der Waals surface area contributed by atoms with Crippen LogP contribution in [0.5, 0.6) is 0 Å². The highest BCUT2D eigenvalue weighted by Crippen LogP contribution is 2.36. The third kappa shape index (κ3) is 5.64. The van der Waals surface area contributed by atoms with Crippen molar-refractivity contribution in [3.8, 4) is 0 Å². The molecule has 1 saturated heterocycles. The minimum Gasteiger partial charge on any atom is -0.387 e. The number of hydrogen-bond donors (Lipinski definition) is 2. The summed E-state index contributed by atoms with van der Waals surface area (Å²) < 4.78 is 8.89. The SMILES string of the molecule is C/C=C(/C)C(C)c1c(CNCC2=CC=CNC2)ccn1C1CCC(CCCC)O1. The number of allylic oxidation sites excluding steroid dienone is 4. The molecule has 0 spiro atoms. The van der Waals surface area contributed by atoms with Gasteiger partial charge >= 0.3 is 0 Å². The Bertz CT molecular complexity index is 743. The van der Waals surface area contributed by atoms with Crippen molar-refractivity contribution in [1.29, 1.82) is 0 Å². The number of unbranched alkanes of at least 4 members (excludes halogenated alkanes) is 1. The van der Waals surface area contributed by atoms with Crippen LogP contribution in [-0.4, -0.2) is 23.8 Å². The summed E-state index contributed by atoms with van der Waals surface area (Å²) >= 11 is 0. The van der Waals surface area contributed by atoms with Crippen LogP contribution in [-0.2, 0) is 11.3 Å². The first-order valence-electron chi connectivity index (χ1n) is 11.4. The van der Waals surface area contributed by atoms with Gasteiger partial charge in [0.05, 0.1) is 6.10 Å². The van der Waals surface area contributed by atoms with E-state index in [0.29, 0.717) is 12.0 Å². The Balaban J connectivity index is 1.72. The Morgan fingerprint density at radius 2 is 2.24 bits per heavy atom. The van der Waals surface area contributed by atoms with E-state index in [9.17, 15) is 0 Å². The van der Waals surface area contributed by atoms with Crippen molar-refractivity contribution >= 4 is 0 Å². The van der Waals surface area contributed by atoms with Crippen molar-refractivity contribution in [3.05, 3.63) is 59.1 Å². The van der Waals surface area contributed by atoms with Gasteiger partial charge in [-0.25, -0.2) is 0 Å². The molecule has 0 aromatic carbocycles. The lowest BCUT2D eigenvalue weighted by Crippen LogP contribution is -2.24. The summed E-state index contributed by atoms with van der Waals surface area (Å²) in [5.41, 5.74) is 5.60. The lowest BCUT2D eigenvalue weighted by atomic mass is 9.95. The summed E-state index contributed by atoms with van der Waals surface area (Å²) in [6.45, 7) is 11.7. The van der Waals surface area contributed by atoms with Crippen LogP contribution in [0.4, 0.5) is 0 Å². The number of rotatable bonds is 10. The van der Waals surface area contributed by atoms with Gasteiger partial charge in [0.1, 0.15) is 6.23 Å². The summed E-state index contributed by atoms with van der Waals surface area (Å²) in [6.07, 6.45) is 17.4. The van der Waals surface area contributed by atoms with Crippen molar-refractivity contribution < 1.29 is 4.74 Å². The molecule has 3 unspecified atom stereocenters. The van der Waals surface area contributed by atoms with Crippen molar-refractivity contribution in [3.63, 3.8) is 0 Å². The molecule has 0 saturated carbocycles. The molecule has 0 amide bonds. The quantitative estimate of drug-likeness (QED) is 0.508. The van der Waals surface area contributed by atoms with E-state index in [1.807, 2.05) is 6.20 Å². The zero-order chi connectivity index (χ0) is 20.6. The summed E-state index contributed by atoms with van der Waals surface area (Å²) in [6, 6.07) is 2.29. The molecule has 2 N–H and O–H groups in total. The number of nitrogens with one attached hydrogen (secondary N) is 2. The van der Waals surface area contributed by atoms with E-state index in [1.165, 1.54) is 48.1 Å². The number of hydrogen-bond acceptors (Lipinski definition) is 3. The van der Waals surface area contributed by atoms with Gasteiger partial charge in [0.2, 0.25) is 0 Å². The summed E-state index contributed by atoms with van der Waals surface area (Å²) in [5.74, 6) is 0.392. The fourth-order valence-electron chi connectivity index (χ4n) is 4.39. The number of nitrogens with zero attached hydrogens (tertiary/aromatic N) is 1. The summed E-state index contributed by atoms with van der Waals surface area (Å²) in [5, 5.41) is 6.93. The van der Waals surface area contributed by atoms with Gasteiger partial charge in [-0.05, 0) is 62.6 Å². The number of dihydropyridines is 1. The maximum absolute atomic E-state index is 6.46. The minimum absolute atomic E-state index is 0.183. The molecule has 160 valence electrons. The molecule has 4 nitrogen and oxygen atoms in total. The molecule has 0 bridgehead atoms. The fourth-order valence-corrected chi connectivity index (χ4v) is 4.39. The first-order chi connectivity index (χ1) is 14.1. The summed E-state index contributed by atoms with van der Waals surface area (Å²) in [4.78, 5) is 0. The first kappa shape index (κ1) is 21.9. The van der Waals surface area contributed by atoms with Crippen molar-refractivity contribution in [2.24, 2.45) is 0 Å². The molecule has 1 fully saturated rings. The lowest BCUT2D eigenvalue weighted by molar-refractivity contribution is -0.00365. The van der Waals surface area contributed by atoms with E-state index < -0.39 is 0 Å². The number of aromatic nitrogens is 1. The third-order valence-corrected chi connectivity index (χ3v) is 6.41. The van der Waals surface area contributed by atoms with Crippen LogP contribution in [0.2, 0.25) is 0 Å². The summed E-state index contributed by atoms with van der Waals surface area (Å²) in [7, 11) is 0. The molecule has 3 heterocycles. The van der Waals surface area contributed by atoms with Gasteiger partial charge < -0.3 is 19.9 Å². The Hall–Kier alpha value is -1.78. The molecule has 3 rings (SSSR count). The monoisotopic (exact) mass is 397 g/mol. The largest absolute Gasteiger partial charge is 0.387 e. The van der Waals surface area contributed by atoms with Crippen molar-refractivity contribution in [2.75, 3.05) is 13.1 Å². The third-order valence-electron chi connectivity index (χ3n) is 6.41. The highest BCUT2D eigenvalue weighted by atomic mass is 16.5. The zero-order valence-corrected chi connectivity index (χ0v) is 18.7. The van der Waals surface area contributed by atoms with E-state index in [4.69, 9.17) is 4.74 Å². The highest BCUT2D eigenvalue weighted by molar-refractivity contribution is 5.32. The van der Waals surface area contributed by atoms with E-state index in [1.54, 1.807) is 0 Å². The van der Waals surface area contributed by atoms with Crippen molar-refractivity contribution in [2.45, 2.75) is 84.6 Å². The van der Waals surface area contributed by atoms with E-state index >= 15 is 0 Å². The molecule has 4 heteroatoms. The van der Waals surface area contributed by atoms with Gasteiger partial charge in [-0.1, -0.05) is 44.4 Å². The molecular weight excluding hydrogens is 358 g/mol. The Labute approximate surface area is 177 Å². The molecule has 2 aliphatic rings. The van der Waals surface area contributed by atoms with E-state index in [2.05, 4.69) is 73.4 Å². The average Bonchev–Trinajstić information content (AvgIpc) is 3.38. The maximum Gasteiger partial charge on any atom is 0.134 e. The Morgan fingerprint density at radius 1 is 1.38 bits per heavy atom. The highest BCUT2D eigenvalue weighted by Gasteiger charge is 2.29. The van der Waals surface area contributed by atoms with Crippen LogP contribution in [0, 0.1) is 0 Å². The molecule has 0 radical (unpaired) electrons. The topological polar surface area (TPSA) is 38.2 Å². The molecule has 3 atom stereocenters. The molecule has 1 aromatic heterocycles. The van der Waals surface area contributed by atoms with Crippen molar-refractivity contribution in [1.82, 2.24) is 15.2 Å². The van der Waals surface area contributed by atoms with E-state index in [-0.39, 0.29) is 6.23 Å². The standard InChI is InChI=1S/C25H39N3O/c1-5-7-10-23-11-12-24(29-23)28-15-13-22(25(28)20(4)19(3)6-2)18-27-17-21-9-8-14-26-16-21/h6,8-9,13-15,20,23-24,26-27H,5,7,10-12,16-18H2,1-4H3/b19-6-. The lowest BCUT2D eigenvalue weighted by Gasteiger charge is -2.23. The van der Waals surface area contributed by atoms with Crippen LogP contribution in [0.15, 0.2) is 47.8 Å². The van der Waals surface area contributed by atoms with Gasteiger partial charge in [-0.15, -0.1) is 0 Å². The first-order valence-corrected chi connectivity index (χ1v) is 11.4. The average molecular weight is 398 g/mol. The molecule has 29 heavy (non-hydrogen) atoms. The smallest absolute Gasteiger partial charge is 0.134 e. The van der Waals surface area contributed by atoms with Crippen LogP contribution >= 0.6 is 0 Å². The normalized spacial score (nSPS) is 23.2. The Morgan fingerprint density at radius 3 is 2.97 bits per heavy atom. The molecular formula is C25H39N3O. The second kappa shape index (κ2) is 10.8. The predicted octanol–water partition coefficient (Wildman–Crippen LogP) is 5.56. The van der Waals surface area contributed by atoms with Crippen LogP contribution in [0.1, 0.15) is 83.2 Å². The van der Waals surface area contributed by atoms with Gasteiger partial charge in [0, 0.05) is 37.4 Å². The Kier molecular flexibility index (Phi) is 8.19. The molecule has 0 aliphatic carbocycles. The fraction of sp³-hybridized carbons (Fsp3) is 0.600. The minimum atomic E-state index is 0.183. The van der Waals surface area contributed by atoms with Gasteiger partial charge in [0.25, 0.3) is 0 Å². The predicted molar refractivity (Wildman–Crippen MR) is 122 cm³/mol.